The standard InChI is InChI=1S/C15H13ClN2O2/c1-11(8-9-12-5-4-10-20-12)17-18-15(19)13-6-2-3-7-14(13)16/h2-10H,1H3,(H,18,19)/b9-8+,17-11-. The van der Waals surface area contributed by atoms with Gasteiger partial charge in [0.2, 0.25) is 0 Å². The van der Waals surface area contributed by atoms with Crippen LogP contribution in [0.15, 0.2) is 58.3 Å². The van der Waals surface area contributed by atoms with Gasteiger partial charge in [-0.05, 0) is 43.3 Å². The maximum atomic E-state index is 11.9. The van der Waals surface area contributed by atoms with Crippen LogP contribution >= 0.6 is 11.6 Å². The minimum absolute atomic E-state index is 0.346. The lowest BCUT2D eigenvalue weighted by Crippen LogP contribution is -2.19. The van der Waals surface area contributed by atoms with Crippen LogP contribution in [0.5, 0.6) is 0 Å². The van der Waals surface area contributed by atoms with E-state index in [9.17, 15) is 4.79 Å². The number of halogens is 1. The second-order valence-corrected chi connectivity index (χ2v) is 4.43. The smallest absolute Gasteiger partial charge is 0.272 e. The Balaban J connectivity index is 1.98. The van der Waals surface area contributed by atoms with E-state index in [0.29, 0.717) is 16.3 Å². The highest BCUT2D eigenvalue weighted by atomic mass is 35.5. The normalized spacial score (nSPS) is 11.8. The molecule has 0 aliphatic heterocycles. The Bertz CT molecular complexity index is 646. The number of carbonyl (C=O) groups is 1. The molecule has 1 N–H and O–H groups in total. The molecule has 20 heavy (non-hydrogen) atoms. The van der Waals surface area contributed by atoms with E-state index in [1.54, 1.807) is 55.7 Å². The highest BCUT2D eigenvalue weighted by Gasteiger charge is 2.07. The van der Waals surface area contributed by atoms with E-state index in [2.05, 4.69) is 10.5 Å². The third-order valence-electron chi connectivity index (χ3n) is 2.48. The van der Waals surface area contributed by atoms with Gasteiger partial charge in [-0.15, -0.1) is 0 Å². The van der Waals surface area contributed by atoms with Gasteiger partial charge in [0.15, 0.2) is 0 Å². The number of benzene rings is 1. The van der Waals surface area contributed by atoms with Crippen molar-refractivity contribution in [2.75, 3.05) is 0 Å². The molecule has 1 heterocycles. The van der Waals surface area contributed by atoms with E-state index < -0.39 is 0 Å². The Morgan fingerprint density at radius 3 is 2.80 bits per heavy atom. The fourth-order valence-corrected chi connectivity index (χ4v) is 1.69. The van der Waals surface area contributed by atoms with Crippen molar-refractivity contribution < 1.29 is 9.21 Å². The molecule has 0 radical (unpaired) electrons. The Morgan fingerprint density at radius 2 is 2.10 bits per heavy atom. The van der Waals surface area contributed by atoms with Crippen LogP contribution in [0, 0.1) is 0 Å². The Morgan fingerprint density at radius 1 is 1.30 bits per heavy atom. The molecule has 0 unspecified atom stereocenters. The summed E-state index contributed by atoms with van der Waals surface area (Å²) >= 11 is 5.93. The molecular weight excluding hydrogens is 276 g/mol. The first-order valence-corrected chi connectivity index (χ1v) is 6.35. The van der Waals surface area contributed by atoms with Gasteiger partial charge in [0.25, 0.3) is 5.91 Å². The third kappa shape index (κ3) is 3.83. The summed E-state index contributed by atoms with van der Waals surface area (Å²) in [6.45, 7) is 1.77. The van der Waals surface area contributed by atoms with E-state index >= 15 is 0 Å². The van der Waals surface area contributed by atoms with Gasteiger partial charge in [0.1, 0.15) is 5.76 Å². The molecule has 102 valence electrons. The van der Waals surface area contributed by atoms with Crippen molar-refractivity contribution in [1.29, 1.82) is 0 Å². The van der Waals surface area contributed by atoms with Crippen molar-refractivity contribution in [3.8, 4) is 0 Å². The summed E-state index contributed by atoms with van der Waals surface area (Å²) in [5.74, 6) is 0.373. The fourth-order valence-electron chi connectivity index (χ4n) is 1.47. The second kappa shape index (κ2) is 6.73. The molecule has 2 rings (SSSR count). The Hall–Kier alpha value is -2.33. The van der Waals surface area contributed by atoms with Crippen LogP contribution in [-0.4, -0.2) is 11.6 Å². The van der Waals surface area contributed by atoms with Crippen LogP contribution in [0.3, 0.4) is 0 Å². The van der Waals surface area contributed by atoms with Crippen LogP contribution < -0.4 is 5.43 Å². The maximum Gasteiger partial charge on any atom is 0.272 e. The van der Waals surface area contributed by atoms with Crippen LogP contribution in [0.1, 0.15) is 23.0 Å². The Kier molecular flexibility index (Phi) is 4.74. The molecule has 5 heteroatoms. The van der Waals surface area contributed by atoms with Crippen molar-refractivity contribution in [3.63, 3.8) is 0 Å². The minimum atomic E-state index is -0.346. The number of nitrogens with zero attached hydrogens (tertiary/aromatic N) is 1. The molecule has 0 saturated carbocycles. The van der Waals surface area contributed by atoms with Crippen LogP contribution in [0.4, 0.5) is 0 Å². The van der Waals surface area contributed by atoms with Gasteiger partial charge in [-0.1, -0.05) is 23.7 Å². The summed E-state index contributed by atoms with van der Waals surface area (Å²) in [5, 5.41) is 4.36. The number of hydrazone groups is 1. The first-order valence-electron chi connectivity index (χ1n) is 5.97. The second-order valence-electron chi connectivity index (χ2n) is 4.02. The number of furan rings is 1. The molecule has 1 amide bonds. The van der Waals surface area contributed by atoms with Crippen molar-refractivity contribution in [2.45, 2.75) is 6.92 Å². The lowest BCUT2D eigenvalue weighted by atomic mass is 10.2. The zero-order chi connectivity index (χ0) is 14.4. The average molecular weight is 289 g/mol. The molecule has 2 aromatic rings. The molecule has 0 aliphatic rings. The lowest BCUT2D eigenvalue weighted by molar-refractivity contribution is 0.0955. The molecule has 0 bridgehead atoms. The summed E-state index contributed by atoms with van der Waals surface area (Å²) in [6, 6.07) is 10.4. The molecule has 1 aromatic carbocycles. The number of hydrogen-bond acceptors (Lipinski definition) is 3. The largest absolute Gasteiger partial charge is 0.465 e. The van der Waals surface area contributed by atoms with E-state index in [-0.39, 0.29) is 5.91 Å². The van der Waals surface area contributed by atoms with Gasteiger partial charge in [-0.25, -0.2) is 5.43 Å². The lowest BCUT2D eigenvalue weighted by Gasteiger charge is -2.02. The average Bonchev–Trinajstić information content (AvgIpc) is 2.96. The van der Waals surface area contributed by atoms with Gasteiger partial charge in [0.05, 0.1) is 22.6 Å². The molecule has 1 aromatic heterocycles. The predicted octanol–water partition coefficient (Wildman–Crippen LogP) is 3.75. The molecule has 4 nitrogen and oxygen atoms in total. The maximum absolute atomic E-state index is 11.9. The molecule has 0 aliphatic carbocycles. The van der Waals surface area contributed by atoms with Crippen molar-refractivity contribution in [2.24, 2.45) is 5.10 Å². The van der Waals surface area contributed by atoms with Crippen LogP contribution in [0.2, 0.25) is 5.02 Å². The summed E-state index contributed by atoms with van der Waals surface area (Å²) in [5.41, 5.74) is 3.48. The zero-order valence-electron chi connectivity index (χ0n) is 10.8. The van der Waals surface area contributed by atoms with Gasteiger partial charge < -0.3 is 4.42 Å². The van der Waals surface area contributed by atoms with Crippen molar-refractivity contribution >= 4 is 29.3 Å². The quantitative estimate of drug-likeness (QED) is 0.688. The molecular formula is C15H13ClN2O2. The highest BCUT2D eigenvalue weighted by molar-refractivity contribution is 6.33. The zero-order valence-corrected chi connectivity index (χ0v) is 11.6. The van der Waals surface area contributed by atoms with E-state index in [0.717, 1.165) is 5.76 Å². The number of amides is 1. The summed E-state index contributed by atoms with van der Waals surface area (Å²) in [6.07, 6.45) is 5.09. The van der Waals surface area contributed by atoms with E-state index in [1.807, 2.05) is 6.07 Å². The highest BCUT2D eigenvalue weighted by Crippen LogP contribution is 2.14. The first-order chi connectivity index (χ1) is 9.66. The fraction of sp³-hybridized carbons (Fsp3) is 0.0667. The SMILES string of the molecule is CC(/C=C/c1ccco1)=N/NC(=O)c1ccccc1Cl. The number of nitrogens with one attached hydrogen (secondary N) is 1. The molecule has 0 atom stereocenters. The minimum Gasteiger partial charge on any atom is -0.465 e. The van der Waals surface area contributed by atoms with Gasteiger partial charge in [-0.2, -0.15) is 5.10 Å². The topological polar surface area (TPSA) is 54.6 Å². The van der Waals surface area contributed by atoms with Gasteiger partial charge in [0, 0.05) is 0 Å². The summed E-state index contributed by atoms with van der Waals surface area (Å²) in [4.78, 5) is 11.9. The number of rotatable bonds is 4. The Labute approximate surface area is 121 Å². The monoisotopic (exact) mass is 288 g/mol. The van der Waals surface area contributed by atoms with E-state index in [1.165, 1.54) is 0 Å². The number of hydrogen-bond donors (Lipinski definition) is 1. The first kappa shape index (κ1) is 14.1. The molecule has 0 spiro atoms. The van der Waals surface area contributed by atoms with E-state index in [4.69, 9.17) is 16.0 Å². The number of carbonyl (C=O) groups excluding carboxylic acids is 1. The molecule has 0 saturated heterocycles. The van der Waals surface area contributed by atoms with Crippen molar-refractivity contribution in [1.82, 2.24) is 5.43 Å². The summed E-state index contributed by atoms with van der Waals surface area (Å²) in [7, 11) is 0. The predicted molar refractivity (Wildman–Crippen MR) is 79.8 cm³/mol. The summed E-state index contributed by atoms with van der Waals surface area (Å²) < 4.78 is 5.15. The molecule has 0 fully saturated rings. The van der Waals surface area contributed by atoms with Crippen molar-refractivity contribution in [3.05, 3.63) is 65.1 Å². The number of allylic oxidation sites excluding steroid dienone is 1. The van der Waals surface area contributed by atoms with Crippen LogP contribution in [0.25, 0.3) is 6.08 Å². The van der Waals surface area contributed by atoms with Gasteiger partial charge in [-0.3, -0.25) is 4.79 Å². The third-order valence-corrected chi connectivity index (χ3v) is 2.81. The van der Waals surface area contributed by atoms with Gasteiger partial charge >= 0.3 is 0 Å². The van der Waals surface area contributed by atoms with Crippen LogP contribution in [-0.2, 0) is 0 Å².